The van der Waals surface area contributed by atoms with E-state index in [1.807, 2.05) is 68.4 Å². The van der Waals surface area contributed by atoms with Crippen molar-refractivity contribution in [1.29, 1.82) is 0 Å². The van der Waals surface area contributed by atoms with Crippen molar-refractivity contribution in [3.63, 3.8) is 0 Å². The number of aromatic nitrogens is 2. The van der Waals surface area contributed by atoms with E-state index in [1.165, 1.54) is 0 Å². The quantitative estimate of drug-likeness (QED) is 0.722. The van der Waals surface area contributed by atoms with Gasteiger partial charge in [-0.2, -0.15) is 5.10 Å². The predicted octanol–water partition coefficient (Wildman–Crippen LogP) is 3.45. The maximum absolute atomic E-state index is 12.6. The van der Waals surface area contributed by atoms with E-state index < -0.39 is 0 Å². The van der Waals surface area contributed by atoms with Gasteiger partial charge >= 0.3 is 0 Å². The molecule has 5 nitrogen and oxygen atoms in total. The van der Waals surface area contributed by atoms with Crippen LogP contribution in [0.3, 0.4) is 0 Å². The van der Waals surface area contributed by atoms with Gasteiger partial charge in [0.25, 0.3) is 5.91 Å². The van der Waals surface area contributed by atoms with Crippen molar-refractivity contribution in [3.05, 3.63) is 60.8 Å². The van der Waals surface area contributed by atoms with E-state index in [4.69, 9.17) is 4.74 Å². The number of amides is 1. The Morgan fingerprint density at radius 1 is 1.08 bits per heavy atom. The van der Waals surface area contributed by atoms with E-state index in [2.05, 4.69) is 10.2 Å². The summed E-state index contributed by atoms with van der Waals surface area (Å²) in [6.07, 6.45) is 1.68. The number of anilines is 1. The second-order valence-corrected chi connectivity index (χ2v) is 5.72. The minimum Gasteiger partial charge on any atom is -0.466 e. The molecule has 0 fully saturated rings. The topological polar surface area (TPSA) is 55.3 Å². The van der Waals surface area contributed by atoms with Gasteiger partial charge in [0.1, 0.15) is 0 Å². The zero-order valence-corrected chi connectivity index (χ0v) is 13.7. The summed E-state index contributed by atoms with van der Waals surface area (Å²) in [5, 5.41) is 9.71. The van der Waals surface area contributed by atoms with Crippen LogP contribution in [0.5, 0.6) is 5.88 Å². The van der Waals surface area contributed by atoms with Gasteiger partial charge in [0.05, 0.1) is 6.20 Å². The van der Waals surface area contributed by atoms with E-state index >= 15 is 0 Å². The van der Waals surface area contributed by atoms with Gasteiger partial charge in [-0.25, -0.2) is 0 Å². The fourth-order valence-corrected chi connectivity index (χ4v) is 2.63. The molecule has 0 aliphatic heterocycles. The first-order valence-electron chi connectivity index (χ1n) is 7.87. The van der Waals surface area contributed by atoms with Crippen molar-refractivity contribution in [2.24, 2.45) is 0 Å². The fourth-order valence-electron chi connectivity index (χ4n) is 2.63. The van der Waals surface area contributed by atoms with Crippen molar-refractivity contribution in [1.82, 2.24) is 10.2 Å². The number of carbonyl (C=O) groups is 1. The Labute approximate surface area is 140 Å². The highest BCUT2D eigenvalue weighted by molar-refractivity contribution is 5.95. The van der Waals surface area contributed by atoms with Crippen LogP contribution in [0.2, 0.25) is 0 Å². The molecule has 122 valence electrons. The maximum Gasteiger partial charge on any atom is 0.265 e. The van der Waals surface area contributed by atoms with E-state index in [0.29, 0.717) is 5.88 Å². The van der Waals surface area contributed by atoms with Crippen LogP contribution in [0.25, 0.3) is 10.8 Å². The number of fused-ring (bicyclic) bond motifs is 1. The van der Waals surface area contributed by atoms with Crippen molar-refractivity contribution < 1.29 is 9.53 Å². The number of hydrogen-bond acceptors (Lipinski definition) is 4. The molecule has 0 saturated heterocycles. The highest BCUT2D eigenvalue weighted by Gasteiger charge is 2.20. The van der Waals surface area contributed by atoms with Crippen LogP contribution in [0, 0.1) is 0 Å². The molecule has 3 rings (SSSR count). The van der Waals surface area contributed by atoms with Gasteiger partial charge in [0.2, 0.25) is 5.88 Å². The number of hydrogen-bond donors (Lipinski definition) is 0. The van der Waals surface area contributed by atoms with Crippen LogP contribution in [0.1, 0.15) is 13.8 Å². The number of ether oxygens (including phenoxy) is 1. The summed E-state index contributed by atoms with van der Waals surface area (Å²) in [6.45, 7) is 3.86. The maximum atomic E-state index is 12.6. The highest BCUT2D eigenvalue weighted by atomic mass is 16.5. The largest absolute Gasteiger partial charge is 0.466 e. The molecule has 5 heteroatoms. The SMILES string of the molecule is CC(C)N(C(=O)COc1nncc2ccccc12)c1ccccc1. The average molecular weight is 321 g/mol. The van der Waals surface area contributed by atoms with Crippen LogP contribution in [0.4, 0.5) is 5.69 Å². The molecule has 3 aromatic rings. The first kappa shape index (κ1) is 15.9. The zero-order chi connectivity index (χ0) is 16.9. The summed E-state index contributed by atoms with van der Waals surface area (Å²) in [5.41, 5.74) is 0.852. The molecule has 0 atom stereocenters. The summed E-state index contributed by atoms with van der Waals surface area (Å²) < 4.78 is 5.67. The minimum absolute atomic E-state index is 0.0297. The molecule has 1 aromatic heterocycles. The molecule has 1 heterocycles. The first-order chi connectivity index (χ1) is 11.7. The number of benzene rings is 2. The van der Waals surface area contributed by atoms with Crippen LogP contribution in [-0.2, 0) is 4.79 Å². The lowest BCUT2D eigenvalue weighted by Crippen LogP contribution is -2.40. The summed E-state index contributed by atoms with van der Waals surface area (Å²) in [5.74, 6) is 0.254. The van der Waals surface area contributed by atoms with Crippen LogP contribution < -0.4 is 9.64 Å². The Balaban J connectivity index is 1.78. The molecular weight excluding hydrogens is 302 g/mol. The normalized spacial score (nSPS) is 10.8. The van der Waals surface area contributed by atoms with Crippen LogP contribution in [0.15, 0.2) is 60.8 Å². The summed E-state index contributed by atoms with van der Waals surface area (Å²) >= 11 is 0. The molecule has 24 heavy (non-hydrogen) atoms. The second-order valence-electron chi connectivity index (χ2n) is 5.72. The molecule has 0 N–H and O–H groups in total. The van der Waals surface area contributed by atoms with Crippen LogP contribution in [-0.4, -0.2) is 28.8 Å². The van der Waals surface area contributed by atoms with Crippen molar-refractivity contribution in [2.75, 3.05) is 11.5 Å². The van der Waals surface area contributed by atoms with Crippen molar-refractivity contribution in [2.45, 2.75) is 19.9 Å². The minimum atomic E-state index is -0.120. The smallest absolute Gasteiger partial charge is 0.265 e. The molecule has 2 aromatic carbocycles. The standard InChI is InChI=1S/C19H19N3O2/c1-14(2)22(16-9-4-3-5-10-16)18(23)13-24-19-17-11-7-6-8-15(17)12-20-21-19/h3-12,14H,13H2,1-2H3. The molecule has 0 bridgehead atoms. The van der Waals surface area contributed by atoms with Crippen LogP contribution >= 0.6 is 0 Å². The van der Waals surface area contributed by atoms with Gasteiger partial charge < -0.3 is 9.64 Å². The summed E-state index contributed by atoms with van der Waals surface area (Å²) in [4.78, 5) is 14.4. The second kappa shape index (κ2) is 7.08. The van der Waals surface area contributed by atoms with Gasteiger partial charge in [0, 0.05) is 22.5 Å². The van der Waals surface area contributed by atoms with Gasteiger partial charge in [-0.05, 0) is 32.0 Å². The Kier molecular flexibility index (Phi) is 4.70. The average Bonchev–Trinajstić information content (AvgIpc) is 2.60. The molecule has 1 amide bonds. The lowest BCUT2D eigenvalue weighted by Gasteiger charge is -2.26. The van der Waals surface area contributed by atoms with Gasteiger partial charge in [0.15, 0.2) is 6.61 Å². The molecular formula is C19H19N3O2. The molecule has 0 radical (unpaired) electrons. The predicted molar refractivity (Wildman–Crippen MR) is 94.1 cm³/mol. The number of carbonyl (C=O) groups excluding carboxylic acids is 1. The van der Waals surface area contributed by atoms with E-state index in [1.54, 1.807) is 11.1 Å². The lowest BCUT2D eigenvalue weighted by atomic mass is 10.2. The Morgan fingerprint density at radius 3 is 2.54 bits per heavy atom. The molecule has 0 aliphatic carbocycles. The number of nitrogens with zero attached hydrogens (tertiary/aromatic N) is 3. The third-order valence-corrected chi connectivity index (χ3v) is 3.69. The Bertz CT molecular complexity index is 829. The molecule has 0 unspecified atom stereocenters. The fraction of sp³-hybridized carbons (Fsp3) is 0.211. The summed E-state index contributed by atoms with van der Waals surface area (Å²) in [6, 6.07) is 17.3. The molecule has 0 spiro atoms. The van der Waals surface area contributed by atoms with E-state index in [-0.39, 0.29) is 18.6 Å². The zero-order valence-electron chi connectivity index (χ0n) is 13.7. The first-order valence-corrected chi connectivity index (χ1v) is 7.87. The third kappa shape index (κ3) is 3.35. The third-order valence-electron chi connectivity index (χ3n) is 3.69. The van der Waals surface area contributed by atoms with Gasteiger partial charge in [-0.15, -0.1) is 5.10 Å². The lowest BCUT2D eigenvalue weighted by molar-refractivity contribution is -0.121. The summed E-state index contributed by atoms with van der Waals surface area (Å²) in [7, 11) is 0. The van der Waals surface area contributed by atoms with Crippen molar-refractivity contribution >= 4 is 22.4 Å². The highest BCUT2D eigenvalue weighted by Crippen LogP contribution is 2.22. The number of rotatable bonds is 5. The Morgan fingerprint density at radius 2 is 1.79 bits per heavy atom. The molecule has 0 saturated carbocycles. The van der Waals surface area contributed by atoms with Gasteiger partial charge in [-0.3, -0.25) is 4.79 Å². The van der Waals surface area contributed by atoms with E-state index in [9.17, 15) is 4.79 Å². The molecule has 0 aliphatic rings. The Hall–Kier alpha value is -2.95. The number of para-hydroxylation sites is 1. The van der Waals surface area contributed by atoms with E-state index in [0.717, 1.165) is 16.5 Å². The van der Waals surface area contributed by atoms with Crippen molar-refractivity contribution in [3.8, 4) is 5.88 Å². The van der Waals surface area contributed by atoms with Gasteiger partial charge in [-0.1, -0.05) is 36.4 Å². The monoisotopic (exact) mass is 321 g/mol.